The number of rotatable bonds is 8. The number of benzene rings is 2. The van der Waals surface area contributed by atoms with Crippen molar-refractivity contribution in [2.24, 2.45) is 0 Å². The van der Waals surface area contributed by atoms with E-state index in [4.69, 9.17) is 25.8 Å². The van der Waals surface area contributed by atoms with E-state index in [1.165, 1.54) is 16.7 Å². The number of alkyl halides is 1. The van der Waals surface area contributed by atoms with Crippen LogP contribution in [0.2, 0.25) is 0 Å². The fourth-order valence-electron chi connectivity index (χ4n) is 4.53. The molecule has 2 fully saturated rings. The van der Waals surface area contributed by atoms with Gasteiger partial charge >= 0.3 is 17.9 Å². The van der Waals surface area contributed by atoms with Gasteiger partial charge in [-0.25, -0.2) is 9.59 Å². The van der Waals surface area contributed by atoms with Crippen molar-refractivity contribution in [3.05, 3.63) is 83.4 Å². The van der Waals surface area contributed by atoms with Crippen LogP contribution in [0.4, 0.5) is 0 Å². The summed E-state index contributed by atoms with van der Waals surface area (Å²) in [7, 11) is 0. The van der Waals surface area contributed by atoms with Gasteiger partial charge in [0.25, 0.3) is 5.91 Å². The fourth-order valence-corrected chi connectivity index (χ4v) is 6.21. The van der Waals surface area contributed by atoms with Gasteiger partial charge in [-0.1, -0.05) is 60.7 Å². The maximum atomic E-state index is 13.9. The van der Waals surface area contributed by atoms with Crippen LogP contribution in [0.3, 0.4) is 0 Å². The van der Waals surface area contributed by atoms with Crippen molar-refractivity contribution in [3.63, 3.8) is 0 Å². The molecule has 206 valence electrons. The van der Waals surface area contributed by atoms with Crippen molar-refractivity contribution < 1.29 is 33.4 Å². The van der Waals surface area contributed by atoms with E-state index in [2.05, 4.69) is 0 Å². The second-order valence-corrected chi connectivity index (χ2v) is 12.3. The molecule has 39 heavy (non-hydrogen) atoms. The van der Waals surface area contributed by atoms with Gasteiger partial charge in [0.15, 0.2) is 6.10 Å². The second-order valence-electron chi connectivity index (χ2n) is 10.5. The Morgan fingerprint density at radius 2 is 1.62 bits per heavy atom. The number of carbonyl (C=O) groups excluding carboxylic acids is 4. The van der Waals surface area contributed by atoms with E-state index < -0.39 is 51.7 Å². The molecule has 0 spiro atoms. The van der Waals surface area contributed by atoms with Crippen LogP contribution >= 0.6 is 23.4 Å². The van der Waals surface area contributed by atoms with Crippen molar-refractivity contribution in [3.8, 4) is 0 Å². The predicted octanol–water partition coefficient (Wildman–Crippen LogP) is 4.41. The summed E-state index contributed by atoms with van der Waals surface area (Å²) in [5, 5.41) is -0.617. The Balaban J connectivity index is 1.65. The second kappa shape index (κ2) is 11.4. The number of ether oxygens (including phenoxy) is 3. The molecule has 2 aromatic carbocycles. The van der Waals surface area contributed by atoms with Crippen LogP contribution < -0.4 is 0 Å². The smallest absolute Gasteiger partial charge is 0.331 e. The Morgan fingerprint density at radius 1 is 1.05 bits per heavy atom. The van der Waals surface area contributed by atoms with Crippen molar-refractivity contribution in [1.29, 1.82) is 0 Å². The minimum atomic E-state index is -1.09. The van der Waals surface area contributed by atoms with Crippen molar-refractivity contribution in [1.82, 2.24) is 4.90 Å². The Labute approximate surface area is 236 Å². The van der Waals surface area contributed by atoms with Gasteiger partial charge in [0.05, 0.1) is 10.3 Å². The maximum absolute atomic E-state index is 13.9. The van der Waals surface area contributed by atoms with Crippen LogP contribution in [0.15, 0.2) is 72.3 Å². The molecule has 0 saturated carbocycles. The molecule has 4 rings (SSSR count). The van der Waals surface area contributed by atoms with Gasteiger partial charge in [-0.3, -0.25) is 9.59 Å². The monoisotopic (exact) mass is 571 g/mol. The van der Waals surface area contributed by atoms with Gasteiger partial charge in [0.2, 0.25) is 0 Å². The molecule has 0 radical (unpaired) electrons. The van der Waals surface area contributed by atoms with Crippen molar-refractivity contribution >= 4 is 47.2 Å². The summed E-state index contributed by atoms with van der Waals surface area (Å²) in [5.41, 5.74) is 0.997. The molecule has 3 atom stereocenters. The van der Waals surface area contributed by atoms with E-state index in [0.29, 0.717) is 0 Å². The first kappa shape index (κ1) is 28.7. The minimum absolute atomic E-state index is 0.190. The molecule has 1 amide bonds. The number of amides is 1. The number of carbonyl (C=O) groups is 4. The molecule has 0 aromatic heterocycles. The summed E-state index contributed by atoms with van der Waals surface area (Å²) in [6.07, 6.45) is 0.434. The molecule has 2 aromatic rings. The van der Waals surface area contributed by atoms with Crippen LogP contribution in [0.5, 0.6) is 0 Å². The summed E-state index contributed by atoms with van der Waals surface area (Å²) < 4.78 is 15.7. The Kier molecular flexibility index (Phi) is 8.42. The van der Waals surface area contributed by atoms with Gasteiger partial charge in [-0.15, -0.1) is 23.4 Å². The fraction of sp³-hybridized carbons (Fsp3) is 0.379. The molecule has 8 nitrogen and oxygen atoms in total. The average Bonchev–Trinajstić information content (AvgIpc) is 3.18. The molecular formula is C29H30ClNO7S. The third kappa shape index (κ3) is 6.31. The van der Waals surface area contributed by atoms with E-state index in [0.717, 1.165) is 17.2 Å². The zero-order chi connectivity index (χ0) is 28.4. The lowest BCUT2D eigenvalue weighted by Crippen LogP contribution is -2.60. The predicted molar refractivity (Wildman–Crippen MR) is 147 cm³/mol. The third-order valence-electron chi connectivity index (χ3n) is 6.21. The summed E-state index contributed by atoms with van der Waals surface area (Å²) in [4.78, 5) is 52.8. The molecule has 0 bridgehead atoms. The summed E-state index contributed by atoms with van der Waals surface area (Å²) in [5.74, 6) is -2.79. The number of esters is 3. The van der Waals surface area contributed by atoms with Crippen molar-refractivity contribution in [2.45, 2.75) is 55.6 Å². The van der Waals surface area contributed by atoms with Crippen LogP contribution in [0.1, 0.15) is 44.9 Å². The quantitative estimate of drug-likeness (QED) is 0.151. The highest BCUT2D eigenvalue weighted by atomic mass is 35.5. The molecular weight excluding hydrogens is 542 g/mol. The van der Waals surface area contributed by atoms with E-state index in [-0.39, 0.29) is 18.1 Å². The molecule has 2 saturated heterocycles. The van der Waals surface area contributed by atoms with Gasteiger partial charge in [0.1, 0.15) is 29.5 Å². The number of fused-ring (bicyclic) bond motifs is 1. The lowest BCUT2D eigenvalue weighted by atomic mass is 9.94. The summed E-state index contributed by atoms with van der Waals surface area (Å²) in [6.45, 7) is 6.72. The Morgan fingerprint density at radius 3 is 2.13 bits per heavy atom. The van der Waals surface area contributed by atoms with Crippen LogP contribution in [0.25, 0.3) is 0 Å². The van der Waals surface area contributed by atoms with E-state index in [1.807, 2.05) is 60.7 Å². The zero-order valence-corrected chi connectivity index (χ0v) is 23.7. The van der Waals surface area contributed by atoms with E-state index in [9.17, 15) is 19.2 Å². The number of halogens is 1. The first-order chi connectivity index (χ1) is 18.4. The lowest BCUT2D eigenvalue weighted by Gasteiger charge is -2.40. The Hall–Kier alpha value is -3.30. The van der Waals surface area contributed by atoms with Gasteiger partial charge < -0.3 is 19.1 Å². The Bertz CT molecular complexity index is 1240. The molecule has 2 heterocycles. The summed E-state index contributed by atoms with van der Waals surface area (Å²) >= 11 is 6.86. The van der Waals surface area contributed by atoms with E-state index >= 15 is 0 Å². The SMILES string of the molecule is CC(C)(C)OC(=O)/C=C1/C(=O)N2C1S[C@@](C)(COC(=O)CCl)[C@@H]2C(=O)OC(c1ccccc1)c1ccccc1. The molecule has 10 heteroatoms. The maximum Gasteiger partial charge on any atom is 0.331 e. The molecule has 2 aliphatic rings. The highest BCUT2D eigenvalue weighted by Crippen LogP contribution is 2.54. The normalized spacial score (nSPS) is 23.3. The van der Waals surface area contributed by atoms with Gasteiger partial charge in [-0.05, 0) is 38.8 Å². The van der Waals surface area contributed by atoms with Crippen LogP contribution in [0, 0.1) is 0 Å². The van der Waals surface area contributed by atoms with E-state index in [1.54, 1.807) is 27.7 Å². The first-order valence-electron chi connectivity index (χ1n) is 12.4. The number of β-lactam (4-membered cyclic amide) rings is 1. The first-order valence-corrected chi connectivity index (χ1v) is 13.8. The molecule has 2 aliphatic heterocycles. The molecule has 0 aliphatic carbocycles. The topological polar surface area (TPSA) is 99.2 Å². The zero-order valence-electron chi connectivity index (χ0n) is 22.1. The van der Waals surface area contributed by atoms with Gasteiger partial charge in [0, 0.05) is 6.08 Å². The average molecular weight is 572 g/mol. The number of hydrogen-bond acceptors (Lipinski definition) is 8. The largest absolute Gasteiger partial charge is 0.463 e. The standard InChI is InChI=1S/C29H30ClNO7S/c1-28(2,3)38-21(32)15-20-25(34)31-24(29(4,39-26(20)31)17-36-22(33)16-30)27(35)37-23(18-11-7-5-8-12-18)19-13-9-6-10-14-19/h5-15,23-24,26H,16-17H2,1-4H3/b20-15-/t24-,26?,29-/m0/s1. The van der Waals surface area contributed by atoms with Crippen LogP contribution in [-0.4, -0.2) is 63.0 Å². The number of thioether (sulfide) groups is 1. The summed E-state index contributed by atoms with van der Waals surface area (Å²) in [6, 6.07) is 17.5. The molecule has 0 N–H and O–H groups in total. The minimum Gasteiger partial charge on any atom is -0.463 e. The van der Waals surface area contributed by atoms with Crippen molar-refractivity contribution in [2.75, 3.05) is 12.5 Å². The highest BCUT2D eigenvalue weighted by Gasteiger charge is 2.64. The lowest BCUT2D eigenvalue weighted by molar-refractivity contribution is -0.162. The highest BCUT2D eigenvalue weighted by molar-refractivity contribution is 8.02. The third-order valence-corrected chi connectivity index (χ3v) is 8.01. The van der Waals surface area contributed by atoms with Gasteiger partial charge in [-0.2, -0.15) is 0 Å². The number of hydrogen-bond donors (Lipinski definition) is 0. The molecule has 1 unspecified atom stereocenters. The number of nitrogens with zero attached hydrogens (tertiary/aromatic N) is 1. The van der Waals surface area contributed by atoms with Crippen LogP contribution in [-0.2, 0) is 33.4 Å².